The Morgan fingerprint density at radius 1 is 1.50 bits per heavy atom. The van der Waals surface area contributed by atoms with Crippen molar-refractivity contribution in [3.05, 3.63) is 10.6 Å². The molecule has 0 bridgehead atoms. The Morgan fingerprint density at radius 3 is 2.56 bits per heavy atom. The quantitative estimate of drug-likeness (QED) is 0.425. The van der Waals surface area contributed by atoms with Gasteiger partial charge >= 0.3 is 5.97 Å². The Labute approximate surface area is 100 Å². The summed E-state index contributed by atoms with van der Waals surface area (Å²) in [7, 11) is 0. The molecule has 0 spiro atoms. The zero-order chi connectivity index (χ0) is 12.0. The third-order valence-corrected chi connectivity index (χ3v) is 3.24. The van der Waals surface area contributed by atoms with Gasteiger partial charge in [0, 0.05) is 13.1 Å². The molecular weight excluding hydrogens is 224 g/mol. The van der Waals surface area contributed by atoms with Gasteiger partial charge in [0.15, 0.2) is 5.57 Å². The van der Waals surface area contributed by atoms with E-state index in [0.29, 0.717) is 6.61 Å². The van der Waals surface area contributed by atoms with Crippen molar-refractivity contribution in [2.24, 2.45) is 0 Å². The highest BCUT2D eigenvalue weighted by molar-refractivity contribution is 8.02. The fourth-order valence-electron chi connectivity index (χ4n) is 1.69. The maximum absolute atomic E-state index is 11.6. The number of thioether (sulfide) groups is 1. The predicted octanol–water partition coefficient (Wildman–Crippen LogP) is 1.74. The molecule has 4 nitrogen and oxygen atoms in total. The van der Waals surface area contributed by atoms with Crippen molar-refractivity contribution in [2.45, 2.75) is 19.8 Å². The molecule has 0 saturated carbocycles. The molecule has 0 radical (unpaired) electrons. The monoisotopic (exact) mass is 240 g/mol. The van der Waals surface area contributed by atoms with Crippen LogP contribution in [0.1, 0.15) is 19.8 Å². The maximum Gasteiger partial charge on any atom is 0.351 e. The molecule has 5 heteroatoms. The Morgan fingerprint density at radius 2 is 2.12 bits per heavy atom. The lowest BCUT2D eigenvalue weighted by atomic mass is 10.3. The molecule has 88 valence electrons. The minimum absolute atomic E-state index is 0.135. The number of ether oxygens (including phenoxy) is 1. The predicted molar refractivity (Wildman–Crippen MR) is 63.6 cm³/mol. The van der Waals surface area contributed by atoms with E-state index >= 15 is 0 Å². The summed E-state index contributed by atoms with van der Waals surface area (Å²) in [5, 5.41) is 9.78. The van der Waals surface area contributed by atoms with Crippen LogP contribution >= 0.6 is 11.8 Å². The van der Waals surface area contributed by atoms with Gasteiger partial charge in [0.2, 0.25) is 0 Å². The second-order valence-corrected chi connectivity index (χ2v) is 4.21. The zero-order valence-corrected chi connectivity index (χ0v) is 10.5. The second-order valence-electron chi connectivity index (χ2n) is 3.41. The number of carbonyl (C=O) groups is 1. The van der Waals surface area contributed by atoms with Crippen LogP contribution in [0.5, 0.6) is 0 Å². The van der Waals surface area contributed by atoms with Gasteiger partial charge < -0.3 is 9.64 Å². The van der Waals surface area contributed by atoms with Crippen LogP contribution < -0.4 is 0 Å². The summed E-state index contributed by atoms with van der Waals surface area (Å²) in [6, 6.07) is 1.96. The van der Waals surface area contributed by atoms with Crippen LogP contribution in [0, 0.1) is 11.3 Å². The van der Waals surface area contributed by atoms with Crippen molar-refractivity contribution in [2.75, 3.05) is 26.0 Å². The summed E-state index contributed by atoms with van der Waals surface area (Å²) in [6.45, 7) is 3.87. The third-order valence-electron chi connectivity index (χ3n) is 2.39. The molecular formula is C11H16N2O2S. The molecule has 1 rings (SSSR count). The number of nitriles is 1. The van der Waals surface area contributed by atoms with E-state index in [1.54, 1.807) is 6.92 Å². The highest BCUT2D eigenvalue weighted by Crippen LogP contribution is 2.26. The summed E-state index contributed by atoms with van der Waals surface area (Å²) in [6.07, 6.45) is 4.11. The van der Waals surface area contributed by atoms with Gasteiger partial charge in [-0.2, -0.15) is 5.26 Å². The van der Waals surface area contributed by atoms with E-state index in [9.17, 15) is 4.79 Å². The summed E-state index contributed by atoms with van der Waals surface area (Å²) < 4.78 is 4.88. The van der Waals surface area contributed by atoms with Crippen LogP contribution in [0.15, 0.2) is 10.6 Å². The lowest BCUT2D eigenvalue weighted by molar-refractivity contribution is -0.138. The van der Waals surface area contributed by atoms with Gasteiger partial charge in [-0.1, -0.05) is 0 Å². The van der Waals surface area contributed by atoms with Crippen molar-refractivity contribution >= 4 is 17.7 Å². The van der Waals surface area contributed by atoms with Crippen molar-refractivity contribution in [3.8, 4) is 6.07 Å². The lowest BCUT2D eigenvalue weighted by Gasteiger charge is -2.20. The van der Waals surface area contributed by atoms with E-state index in [1.165, 1.54) is 11.8 Å². The van der Waals surface area contributed by atoms with Crippen molar-refractivity contribution in [1.82, 2.24) is 4.90 Å². The lowest BCUT2D eigenvalue weighted by Crippen LogP contribution is -2.21. The summed E-state index contributed by atoms with van der Waals surface area (Å²) in [5.74, 6) is -0.513. The summed E-state index contributed by atoms with van der Waals surface area (Å²) in [5.41, 5.74) is 0.135. The van der Waals surface area contributed by atoms with Crippen LogP contribution in [0.3, 0.4) is 0 Å². The molecule has 0 N–H and O–H groups in total. The van der Waals surface area contributed by atoms with Crippen molar-refractivity contribution in [3.63, 3.8) is 0 Å². The van der Waals surface area contributed by atoms with Gasteiger partial charge in [0.05, 0.1) is 11.6 Å². The Hall–Kier alpha value is -1.15. The van der Waals surface area contributed by atoms with Crippen LogP contribution in [-0.4, -0.2) is 36.8 Å². The van der Waals surface area contributed by atoms with E-state index in [0.717, 1.165) is 31.0 Å². The topological polar surface area (TPSA) is 53.3 Å². The Balaban J connectivity index is 2.93. The molecule has 0 unspecified atom stereocenters. The fraction of sp³-hybridized carbons (Fsp3) is 0.636. The normalized spacial score (nSPS) is 16.7. The highest BCUT2D eigenvalue weighted by Gasteiger charge is 2.23. The SMILES string of the molecule is CCOC(=O)/C(C#N)=C(\SC)N1CCCC1. The number of likely N-dealkylation sites (tertiary alicyclic amines) is 1. The number of hydrogen-bond acceptors (Lipinski definition) is 5. The highest BCUT2D eigenvalue weighted by atomic mass is 32.2. The van der Waals surface area contributed by atoms with Crippen molar-refractivity contribution in [1.29, 1.82) is 5.26 Å². The van der Waals surface area contributed by atoms with Gasteiger partial charge in [0.1, 0.15) is 6.07 Å². The molecule has 0 aromatic heterocycles. The average molecular weight is 240 g/mol. The minimum Gasteiger partial charge on any atom is -0.462 e. The third kappa shape index (κ3) is 2.92. The molecule has 1 aliphatic heterocycles. The Bertz CT molecular complexity index is 327. The molecule has 1 saturated heterocycles. The van der Waals surface area contributed by atoms with Crippen LogP contribution in [0.2, 0.25) is 0 Å². The average Bonchev–Trinajstić information content (AvgIpc) is 2.79. The standard InChI is InChI=1S/C11H16N2O2S/c1-3-15-11(14)9(8-12)10(16-2)13-6-4-5-7-13/h3-7H2,1-2H3/b10-9-. The number of rotatable bonds is 4. The first-order chi connectivity index (χ1) is 7.74. The molecule has 16 heavy (non-hydrogen) atoms. The number of carbonyl (C=O) groups excluding carboxylic acids is 1. The van der Waals surface area contributed by atoms with Crippen LogP contribution in [-0.2, 0) is 9.53 Å². The first-order valence-corrected chi connectivity index (χ1v) is 6.57. The number of esters is 1. The fourth-order valence-corrected chi connectivity index (χ4v) is 2.47. The first kappa shape index (κ1) is 12.9. The van der Waals surface area contributed by atoms with Gasteiger partial charge in [-0.3, -0.25) is 0 Å². The van der Waals surface area contributed by atoms with Crippen LogP contribution in [0.25, 0.3) is 0 Å². The largest absolute Gasteiger partial charge is 0.462 e. The molecule has 0 aromatic carbocycles. The van der Waals surface area contributed by atoms with E-state index in [4.69, 9.17) is 10.00 Å². The molecule has 0 aliphatic carbocycles. The first-order valence-electron chi connectivity index (χ1n) is 5.35. The van der Waals surface area contributed by atoms with E-state index in [-0.39, 0.29) is 5.57 Å². The second kappa shape index (κ2) is 6.44. The van der Waals surface area contributed by atoms with Crippen molar-refractivity contribution < 1.29 is 9.53 Å². The maximum atomic E-state index is 11.6. The molecule has 1 aliphatic rings. The molecule has 1 fully saturated rings. The van der Waals surface area contributed by atoms with Gasteiger partial charge in [-0.25, -0.2) is 4.79 Å². The van der Waals surface area contributed by atoms with E-state index in [2.05, 4.69) is 4.90 Å². The van der Waals surface area contributed by atoms with E-state index < -0.39 is 5.97 Å². The molecule has 0 aromatic rings. The molecule has 0 amide bonds. The summed E-state index contributed by atoms with van der Waals surface area (Å²) in [4.78, 5) is 13.7. The zero-order valence-electron chi connectivity index (χ0n) is 9.65. The van der Waals surface area contributed by atoms with Gasteiger partial charge in [-0.05, 0) is 26.0 Å². The Kier molecular flexibility index (Phi) is 5.20. The van der Waals surface area contributed by atoms with E-state index in [1.807, 2.05) is 12.3 Å². The number of nitrogens with zero attached hydrogens (tertiary/aromatic N) is 2. The minimum atomic E-state index is -0.513. The summed E-state index contributed by atoms with van der Waals surface area (Å²) >= 11 is 1.44. The molecule has 0 atom stereocenters. The molecule has 1 heterocycles. The smallest absolute Gasteiger partial charge is 0.351 e. The van der Waals surface area contributed by atoms with Crippen LogP contribution in [0.4, 0.5) is 0 Å². The van der Waals surface area contributed by atoms with Gasteiger partial charge in [-0.15, -0.1) is 11.8 Å². The number of hydrogen-bond donors (Lipinski definition) is 0. The van der Waals surface area contributed by atoms with Gasteiger partial charge in [0.25, 0.3) is 0 Å².